The monoisotopic (exact) mass is 435 g/mol. The van der Waals surface area contributed by atoms with Crippen LogP contribution in [-0.4, -0.2) is 48.4 Å². The summed E-state index contributed by atoms with van der Waals surface area (Å²) in [5.74, 6) is 0.593. The summed E-state index contributed by atoms with van der Waals surface area (Å²) in [6, 6.07) is 12.6. The Bertz CT molecular complexity index is 1080. The van der Waals surface area contributed by atoms with E-state index in [9.17, 15) is 9.18 Å². The fourth-order valence-electron chi connectivity index (χ4n) is 4.12. The van der Waals surface area contributed by atoms with Gasteiger partial charge in [-0.1, -0.05) is 12.1 Å². The van der Waals surface area contributed by atoms with E-state index in [1.807, 2.05) is 35.4 Å². The summed E-state index contributed by atoms with van der Waals surface area (Å²) in [7, 11) is 1.73. The van der Waals surface area contributed by atoms with E-state index in [2.05, 4.69) is 20.6 Å². The van der Waals surface area contributed by atoms with Crippen molar-refractivity contribution in [2.24, 2.45) is 4.99 Å². The maximum absolute atomic E-state index is 13.5. The predicted molar refractivity (Wildman–Crippen MR) is 126 cm³/mol. The van der Waals surface area contributed by atoms with Crippen LogP contribution in [-0.2, 0) is 13.0 Å². The molecule has 3 N–H and O–H groups in total. The summed E-state index contributed by atoms with van der Waals surface area (Å²) in [4.78, 5) is 22.0. The summed E-state index contributed by atoms with van der Waals surface area (Å²) in [6.07, 6.45) is 6.07. The van der Waals surface area contributed by atoms with Gasteiger partial charge in [0.25, 0.3) is 5.91 Å². The first-order valence-electron chi connectivity index (χ1n) is 11.2. The van der Waals surface area contributed by atoms with Crippen molar-refractivity contribution in [1.82, 2.24) is 20.5 Å². The molecule has 168 valence electrons. The van der Waals surface area contributed by atoms with Gasteiger partial charge in [0.1, 0.15) is 5.82 Å². The zero-order valence-corrected chi connectivity index (χ0v) is 18.5. The lowest BCUT2D eigenvalue weighted by molar-refractivity contribution is 0.0724. The third kappa shape index (κ3) is 5.28. The number of halogens is 1. The van der Waals surface area contributed by atoms with E-state index >= 15 is 0 Å². The molecule has 7 heteroatoms. The van der Waals surface area contributed by atoms with Crippen LogP contribution in [0.1, 0.15) is 40.7 Å². The van der Waals surface area contributed by atoms with Gasteiger partial charge in [0.15, 0.2) is 5.96 Å². The zero-order chi connectivity index (χ0) is 22.3. The molecular formula is C25H30FN5O. The van der Waals surface area contributed by atoms with Gasteiger partial charge >= 0.3 is 0 Å². The minimum absolute atomic E-state index is 0.124. The first kappa shape index (κ1) is 21.9. The topological polar surface area (TPSA) is 72.5 Å². The smallest absolute Gasteiger partial charge is 0.253 e. The van der Waals surface area contributed by atoms with E-state index in [1.165, 1.54) is 12.5 Å². The van der Waals surface area contributed by atoms with E-state index in [0.29, 0.717) is 19.0 Å². The molecule has 4 rings (SSSR count). The van der Waals surface area contributed by atoms with E-state index in [-0.39, 0.29) is 11.7 Å². The van der Waals surface area contributed by atoms with Crippen molar-refractivity contribution in [3.8, 4) is 0 Å². The number of piperidine rings is 1. The number of fused-ring (bicyclic) bond motifs is 1. The van der Waals surface area contributed by atoms with Crippen LogP contribution in [0, 0.1) is 5.82 Å². The van der Waals surface area contributed by atoms with Gasteiger partial charge in [-0.15, -0.1) is 0 Å². The number of rotatable bonds is 6. The fourth-order valence-corrected chi connectivity index (χ4v) is 4.12. The molecule has 1 aliphatic heterocycles. The number of likely N-dealkylation sites (tertiary alicyclic amines) is 1. The van der Waals surface area contributed by atoms with Crippen LogP contribution in [0.5, 0.6) is 0 Å². The number of nitrogens with zero attached hydrogens (tertiary/aromatic N) is 2. The Hall–Kier alpha value is -3.35. The Morgan fingerprint density at radius 1 is 1.09 bits per heavy atom. The second-order valence-electron chi connectivity index (χ2n) is 8.16. The molecule has 1 saturated heterocycles. The Morgan fingerprint density at radius 3 is 2.62 bits per heavy atom. The third-order valence-electron chi connectivity index (χ3n) is 5.94. The molecule has 3 aromatic rings. The lowest BCUT2D eigenvalue weighted by Gasteiger charge is -2.26. The molecule has 2 heterocycles. The summed E-state index contributed by atoms with van der Waals surface area (Å²) < 4.78 is 13.5. The highest BCUT2D eigenvalue weighted by atomic mass is 19.1. The minimum atomic E-state index is -0.229. The average molecular weight is 436 g/mol. The van der Waals surface area contributed by atoms with Gasteiger partial charge in [0.2, 0.25) is 0 Å². The van der Waals surface area contributed by atoms with Crippen LogP contribution < -0.4 is 10.6 Å². The standard InChI is InChI=1S/C25H30FN5O/c1-27-25(28-12-11-20-17-29-23-10-9-21(26)15-22(20)23)30-16-18-5-7-19(8-6-18)24(32)31-13-3-2-4-14-31/h5-10,15,17,29H,2-4,11-14,16H2,1H3,(H2,27,28,30). The molecule has 1 aliphatic rings. The summed E-state index contributed by atoms with van der Waals surface area (Å²) in [5, 5.41) is 7.51. The maximum atomic E-state index is 13.5. The van der Waals surface area contributed by atoms with Gasteiger partial charge in [-0.3, -0.25) is 9.79 Å². The summed E-state index contributed by atoms with van der Waals surface area (Å²) in [5.41, 5.74) is 3.83. The molecule has 0 radical (unpaired) electrons. The van der Waals surface area contributed by atoms with Crippen molar-refractivity contribution in [1.29, 1.82) is 0 Å². The Balaban J connectivity index is 1.26. The quantitative estimate of drug-likeness (QED) is 0.407. The second kappa shape index (κ2) is 10.3. The molecule has 1 fully saturated rings. The van der Waals surface area contributed by atoms with Crippen LogP contribution >= 0.6 is 0 Å². The number of carbonyl (C=O) groups is 1. The molecule has 6 nitrogen and oxygen atoms in total. The number of guanidine groups is 1. The van der Waals surface area contributed by atoms with Gasteiger partial charge in [-0.2, -0.15) is 0 Å². The number of nitrogens with one attached hydrogen (secondary N) is 3. The van der Waals surface area contributed by atoms with E-state index in [1.54, 1.807) is 19.2 Å². The highest BCUT2D eigenvalue weighted by molar-refractivity contribution is 5.94. The van der Waals surface area contributed by atoms with Crippen molar-refractivity contribution in [3.63, 3.8) is 0 Å². The number of benzene rings is 2. The van der Waals surface area contributed by atoms with Crippen molar-refractivity contribution in [2.75, 3.05) is 26.7 Å². The van der Waals surface area contributed by atoms with Gasteiger partial charge in [-0.25, -0.2) is 4.39 Å². The molecule has 0 spiro atoms. The molecule has 0 unspecified atom stereocenters. The third-order valence-corrected chi connectivity index (χ3v) is 5.94. The Kier molecular flexibility index (Phi) is 7.04. The number of aliphatic imine (C=N–C) groups is 1. The number of amides is 1. The molecule has 2 aromatic carbocycles. The number of H-pyrrole nitrogens is 1. The summed E-state index contributed by atoms with van der Waals surface area (Å²) >= 11 is 0. The molecule has 0 atom stereocenters. The van der Waals surface area contributed by atoms with Crippen molar-refractivity contribution in [3.05, 3.63) is 71.2 Å². The molecule has 0 aliphatic carbocycles. The lowest BCUT2D eigenvalue weighted by Crippen LogP contribution is -2.37. The molecule has 0 bridgehead atoms. The van der Waals surface area contributed by atoms with E-state index in [4.69, 9.17) is 0 Å². The van der Waals surface area contributed by atoms with Gasteiger partial charge in [0, 0.05) is 55.9 Å². The van der Waals surface area contributed by atoms with E-state index in [0.717, 1.165) is 59.9 Å². The predicted octanol–water partition coefficient (Wildman–Crippen LogP) is 3.84. The van der Waals surface area contributed by atoms with Gasteiger partial charge in [-0.05, 0) is 67.1 Å². The molecule has 1 aromatic heterocycles. The highest BCUT2D eigenvalue weighted by Gasteiger charge is 2.17. The molecular weight excluding hydrogens is 405 g/mol. The normalized spacial score (nSPS) is 14.6. The maximum Gasteiger partial charge on any atom is 0.253 e. The minimum Gasteiger partial charge on any atom is -0.361 e. The average Bonchev–Trinajstić information content (AvgIpc) is 3.23. The van der Waals surface area contributed by atoms with Crippen LogP contribution in [0.3, 0.4) is 0 Å². The fraction of sp³-hybridized carbons (Fsp3) is 0.360. The number of aromatic amines is 1. The van der Waals surface area contributed by atoms with Crippen LogP contribution in [0.25, 0.3) is 10.9 Å². The molecule has 0 saturated carbocycles. The van der Waals surface area contributed by atoms with Gasteiger partial charge in [0.05, 0.1) is 0 Å². The first-order valence-corrected chi connectivity index (χ1v) is 11.2. The lowest BCUT2D eigenvalue weighted by atomic mass is 10.1. The van der Waals surface area contributed by atoms with Crippen LogP contribution in [0.15, 0.2) is 53.7 Å². The van der Waals surface area contributed by atoms with Gasteiger partial charge < -0.3 is 20.5 Å². The van der Waals surface area contributed by atoms with Crippen molar-refractivity contribution >= 4 is 22.8 Å². The number of carbonyl (C=O) groups excluding carboxylic acids is 1. The Labute approximate surface area is 187 Å². The SMILES string of the molecule is CN=C(NCCc1c[nH]c2ccc(F)cc12)NCc1ccc(C(=O)N2CCCCC2)cc1. The second-order valence-corrected chi connectivity index (χ2v) is 8.16. The van der Waals surface area contributed by atoms with Crippen LogP contribution in [0.2, 0.25) is 0 Å². The number of aromatic nitrogens is 1. The highest BCUT2D eigenvalue weighted by Crippen LogP contribution is 2.19. The van der Waals surface area contributed by atoms with Crippen molar-refractivity contribution < 1.29 is 9.18 Å². The van der Waals surface area contributed by atoms with Crippen LogP contribution in [0.4, 0.5) is 4.39 Å². The Morgan fingerprint density at radius 2 is 1.88 bits per heavy atom. The summed E-state index contributed by atoms with van der Waals surface area (Å²) in [6.45, 7) is 3.00. The molecule has 1 amide bonds. The largest absolute Gasteiger partial charge is 0.361 e. The van der Waals surface area contributed by atoms with Crippen molar-refractivity contribution in [2.45, 2.75) is 32.2 Å². The van der Waals surface area contributed by atoms with E-state index < -0.39 is 0 Å². The zero-order valence-electron chi connectivity index (χ0n) is 18.5. The first-order chi connectivity index (χ1) is 15.6. The number of hydrogen-bond acceptors (Lipinski definition) is 2. The molecule has 32 heavy (non-hydrogen) atoms. The number of hydrogen-bond donors (Lipinski definition) is 3.